The molecule has 0 fully saturated rings. The van der Waals surface area contributed by atoms with Crippen molar-refractivity contribution in [2.45, 2.75) is 39.2 Å². The second-order valence-electron chi connectivity index (χ2n) is 5.62. The first-order valence-electron chi connectivity index (χ1n) is 7.76. The standard InChI is InChI=1S/C17H28N2O2/c1-14(2)16(18)17(20)19-11-6-7-12-21-13-10-15-8-4-3-5-9-15/h3-5,8-9,14,16H,6-7,10-13,18H2,1-2H3,(H,19,20)/t16-/m0/s1. The molecule has 1 atom stereocenters. The van der Waals surface area contributed by atoms with Crippen molar-refractivity contribution in [3.05, 3.63) is 35.9 Å². The molecule has 3 N–H and O–H groups in total. The molecule has 1 amide bonds. The van der Waals surface area contributed by atoms with Crippen molar-refractivity contribution in [1.82, 2.24) is 5.32 Å². The van der Waals surface area contributed by atoms with Gasteiger partial charge in [0.2, 0.25) is 5.91 Å². The minimum atomic E-state index is -0.410. The van der Waals surface area contributed by atoms with Crippen LogP contribution in [0.5, 0.6) is 0 Å². The Morgan fingerprint density at radius 1 is 1.19 bits per heavy atom. The molecule has 0 aliphatic rings. The van der Waals surface area contributed by atoms with Gasteiger partial charge in [-0.1, -0.05) is 44.2 Å². The van der Waals surface area contributed by atoms with Crippen LogP contribution in [-0.4, -0.2) is 31.7 Å². The highest BCUT2D eigenvalue weighted by molar-refractivity contribution is 5.81. The summed E-state index contributed by atoms with van der Waals surface area (Å²) in [6.45, 7) is 6.05. The fourth-order valence-electron chi connectivity index (χ4n) is 1.90. The Balaban J connectivity index is 1.94. The smallest absolute Gasteiger partial charge is 0.237 e. The number of unbranched alkanes of at least 4 members (excludes halogenated alkanes) is 1. The number of nitrogens with one attached hydrogen (secondary N) is 1. The first-order chi connectivity index (χ1) is 10.1. The molecular formula is C17H28N2O2. The molecule has 4 heteroatoms. The second-order valence-corrected chi connectivity index (χ2v) is 5.62. The van der Waals surface area contributed by atoms with E-state index in [1.54, 1.807) is 0 Å². The van der Waals surface area contributed by atoms with Gasteiger partial charge in [-0.3, -0.25) is 4.79 Å². The van der Waals surface area contributed by atoms with Crippen LogP contribution in [0.4, 0.5) is 0 Å². The van der Waals surface area contributed by atoms with E-state index < -0.39 is 6.04 Å². The molecule has 118 valence electrons. The lowest BCUT2D eigenvalue weighted by Crippen LogP contribution is -2.44. The van der Waals surface area contributed by atoms with E-state index >= 15 is 0 Å². The van der Waals surface area contributed by atoms with Crippen LogP contribution in [0.15, 0.2) is 30.3 Å². The third-order valence-electron chi connectivity index (χ3n) is 3.41. The normalized spacial score (nSPS) is 12.4. The molecule has 1 aromatic rings. The molecule has 0 bridgehead atoms. The number of carbonyl (C=O) groups excluding carboxylic acids is 1. The van der Waals surface area contributed by atoms with Crippen LogP contribution in [0.25, 0.3) is 0 Å². The van der Waals surface area contributed by atoms with E-state index in [9.17, 15) is 4.79 Å². The molecule has 0 spiro atoms. The third kappa shape index (κ3) is 7.83. The number of benzene rings is 1. The van der Waals surface area contributed by atoms with E-state index in [4.69, 9.17) is 10.5 Å². The average Bonchev–Trinajstić information content (AvgIpc) is 2.49. The maximum absolute atomic E-state index is 11.6. The summed E-state index contributed by atoms with van der Waals surface area (Å²) >= 11 is 0. The van der Waals surface area contributed by atoms with E-state index in [0.29, 0.717) is 6.54 Å². The van der Waals surface area contributed by atoms with E-state index in [0.717, 1.165) is 32.5 Å². The van der Waals surface area contributed by atoms with Crippen LogP contribution in [0, 0.1) is 5.92 Å². The van der Waals surface area contributed by atoms with Crippen molar-refractivity contribution >= 4 is 5.91 Å². The van der Waals surface area contributed by atoms with Crippen molar-refractivity contribution < 1.29 is 9.53 Å². The molecule has 0 aliphatic heterocycles. The maximum Gasteiger partial charge on any atom is 0.237 e. The zero-order valence-corrected chi connectivity index (χ0v) is 13.2. The number of amides is 1. The Morgan fingerprint density at radius 3 is 2.57 bits per heavy atom. The van der Waals surface area contributed by atoms with Gasteiger partial charge in [0.25, 0.3) is 0 Å². The Morgan fingerprint density at radius 2 is 1.90 bits per heavy atom. The Labute approximate surface area is 128 Å². The van der Waals surface area contributed by atoms with Gasteiger partial charge in [-0.15, -0.1) is 0 Å². The Kier molecular flexibility index (Phi) is 8.71. The van der Waals surface area contributed by atoms with Gasteiger partial charge in [0.1, 0.15) is 0 Å². The predicted octanol–water partition coefficient (Wildman–Crippen LogP) is 2.13. The largest absolute Gasteiger partial charge is 0.381 e. The minimum Gasteiger partial charge on any atom is -0.381 e. The molecular weight excluding hydrogens is 264 g/mol. The van der Waals surface area contributed by atoms with Gasteiger partial charge in [-0.25, -0.2) is 0 Å². The monoisotopic (exact) mass is 292 g/mol. The number of hydrogen-bond acceptors (Lipinski definition) is 3. The van der Waals surface area contributed by atoms with E-state index in [1.165, 1.54) is 5.56 Å². The lowest BCUT2D eigenvalue weighted by atomic mass is 10.1. The third-order valence-corrected chi connectivity index (χ3v) is 3.41. The molecule has 0 radical (unpaired) electrons. The van der Waals surface area contributed by atoms with Crippen molar-refractivity contribution in [2.24, 2.45) is 11.7 Å². The summed E-state index contributed by atoms with van der Waals surface area (Å²) in [5.41, 5.74) is 7.06. The highest BCUT2D eigenvalue weighted by Crippen LogP contribution is 2.00. The quantitative estimate of drug-likeness (QED) is 0.649. The zero-order valence-electron chi connectivity index (χ0n) is 13.2. The summed E-state index contributed by atoms with van der Waals surface area (Å²) in [6, 6.07) is 9.91. The topological polar surface area (TPSA) is 64.4 Å². The maximum atomic E-state index is 11.6. The van der Waals surface area contributed by atoms with Crippen molar-refractivity contribution in [1.29, 1.82) is 0 Å². The van der Waals surface area contributed by atoms with Crippen molar-refractivity contribution in [3.63, 3.8) is 0 Å². The number of ether oxygens (including phenoxy) is 1. The van der Waals surface area contributed by atoms with Gasteiger partial charge in [0, 0.05) is 13.2 Å². The van der Waals surface area contributed by atoms with E-state index in [1.807, 2.05) is 32.0 Å². The average molecular weight is 292 g/mol. The van der Waals surface area contributed by atoms with Gasteiger partial charge < -0.3 is 15.8 Å². The second kappa shape index (κ2) is 10.4. The zero-order chi connectivity index (χ0) is 15.5. The summed E-state index contributed by atoms with van der Waals surface area (Å²) in [5.74, 6) is 0.112. The van der Waals surface area contributed by atoms with Crippen molar-refractivity contribution in [2.75, 3.05) is 19.8 Å². The van der Waals surface area contributed by atoms with Gasteiger partial charge in [0.15, 0.2) is 0 Å². The first-order valence-corrected chi connectivity index (χ1v) is 7.76. The highest BCUT2D eigenvalue weighted by Gasteiger charge is 2.15. The van der Waals surface area contributed by atoms with Gasteiger partial charge >= 0.3 is 0 Å². The molecule has 0 aromatic heterocycles. The number of hydrogen-bond donors (Lipinski definition) is 2. The van der Waals surface area contributed by atoms with Crippen LogP contribution >= 0.6 is 0 Å². The van der Waals surface area contributed by atoms with Crippen LogP contribution in [0.2, 0.25) is 0 Å². The fourth-order valence-corrected chi connectivity index (χ4v) is 1.90. The molecule has 1 aromatic carbocycles. The molecule has 0 aliphatic carbocycles. The molecule has 1 rings (SSSR count). The van der Waals surface area contributed by atoms with Crippen molar-refractivity contribution in [3.8, 4) is 0 Å². The molecule has 4 nitrogen and oxygen atoms in total. The lowest BCUT2D eigenvalue weighted by molar-refractivity contribution is -0.123. The molecule has 0 heterocycles. The Bertz CT molecular complexity index is 393. The summed E-state index contributed by atoms with van der Waals surface area (Å²) in [7, 11) is 0. The molecule has 0 unspecified atom stereocenters. The molecule has 21 heavy (non-hydrogen) atoms. The van der Waals surface area contributed by atoms with Crippen LogP contribution < -0.4 is 11.1 Å². The summed E-state index contributed by atoms with van der Waals surface area (Å²) in [5, 5.41) is 2.86. The van der Waals surface area contributed by atoms with Crippen LogP contribution in [0.1, 0.15) is 32.3 Å². The minimum absolute atomic E-state index is 0.0602. The van der Waals surface area contributed by atoms with E-state index in [-0.39, 0.29) is 11.8 Å². The van der Waals surface area contributed by atoms with E-state index in [2.05, 4.69) is 17.4 Å². The Hall–Kier alpha value is -1.39. The van der Waals surface area contributed by atoms with Gasteiger partial charge in [-0.2, -0.15) is 0 Å². The molecule has 0 saturated heterocycles. The van der Waals surface area contributed by atoms with Gasteiger partial charge in [0.05, 0.1) is 12.6 Å². The summed E-state index contributed by atoms with van der Waals surface area (Å²) in [4.78, 5) is 11.6. The highest BCUT2D eigenvalue weighted by atomic mass is 16.5. The molecule has 0 saturated carbocycles. The number of rotatable bonds is 10. The number of carbonyl (C=O) groups is 1. The lowest BCUT2D eigenvalue weighted by Gasteiger charge is -2.15. The summed E-state index contributed by atoms with van der Waals surface area (Å²) in [6.07, 6.45) is 2.81. The fraction of sp³-hybridized carbons (Fsp3) is 0.588. The van der Waals surface area contributed by atoms with Crippen LogP contribution in [0.3, 0.4) is 0 Å². The summed E-state index contributed by atoms with van der Waals surface area (Å²) < 4.78 is 5.59. The number of nitrogens with two attached hydrogens (primary N) is 1. The van der Waals surface area contributed by atoms with Gasteiger partial charge in [-0.05, 0) is 30.7 Å². The SMILES string of the molecule is CC(C)[C@H](N)C(=O)NCCCCOCCc1ccccc1. The predicted molar refractivity (Wildman–Crippen MR) is 86.0 cm³/mol. The van der Waals surface area contributed by atoms with Crippen LogP contribution in [-0.2, 0) is 16.0 Å². The first kappa shape index (κ1) is 17.7.